The van der Waals surface area contributed by atoms with Crippen LogP contribution in [-0.4, -0.2) is 49.2 Å². The Labute approximate surface area is 101 Å². The molecule has 0 atom stereocenters. The molecule has 5 heteroatoms. The van der Waals surface area contributed by atoms with E-state index in [1.54, 1.807) is 6.07 Å². The minimum atomic E-state index is 0.456. The molecule has 5 nitrogen and oxygen atoms in total. The van der Waals surface area contributed by atoms with Gasteiger partial charge in [-0.3, -0.25) is 4.90 Å². The standard InChI is InChI=1S/C12H17N5/c13-10-11-2-1-3-12(16-11)15-6-9-17-7-4-14-5-8-17/h1-3,14H,4-9H2,(H,15,16). The van der Waals surface area contributed by atoms with E-state index in [1.165, 1.54) is 0 Å². The molecule has 1 aromatic heterocycles. The van der Waals surface area contributed by atoms with Gasteiger partial charge in [-0.05, 0) is 12.1 Å². The summed E-state index contributed by atoms with van der Waals surface area (Å²) in [6.45, 7) is 6.23. The van der Waals surface area contributed by atoms with Crippen LogP contribution in [-0.2, 0) is 0 Å². The molecule has 1 saturated heterocycles. The zero-order valence-corrected chi connectivity index (χ0v) is 9.82. The lowest BCUT2D eigenvalue weighted by molar-refractivity contribution is 0.249. The summed E-state index contributed by atoms with van der Waals surface area (Å²) in [6, 6.07) is 7.48. The van der Waals surface area contributed by atoms with E-state index in [-0.39, 0.29) is 0 Å². The van der Waals surface area contributed by atoms with Crippen LogP contribution < -0.4 is 10.6 Å². The van der Waals surface area contributed by atoms with Gasteiger partial charge in [0.15, 0.2) is 0 Å². The topological polar surface area (TPSA) is 64.0 Å². The number of hydrogen-bond acceptors (Lipinski definition) is 5. The number of hydrogen-bond donors (Lipinski definition) is 2. The summed E-state index contributed by atoms with van der Waals surface area (Å²) >= 11 is 0. The molecule has 2 rings (SSSR count). The van der Waals surface area contributed by atoms with Gasteiger partial charge in [-0.2, -0.15) is 5.26 Å². The molecule has 17 heavy (non-hydrogen) atoms. The SMILES string of the molecule is N#Cc1cccc(NCCN2CCNCC2)n1. The highest BCUT2D eigenvalue weighted by Gasteiger charge is 2.08. The first kappa shape index (κ1) is 11.8. The van der Waals surface area contributed by atoms with E-state index in [0.717, 1.165) is 45.1 Å². The lowest BCUT2D eigenvalue weighted by atomic mass is 10.3. The Morgan fingerprint density at radius 2 is 2.24 bits per heavy atom. The summed E-state index contributed by atoms with van der Waals surface area (Å²) in [4.78, 5) is 6.59. The minimum Gasteiger partial charge on any atom is -0.369 e. The Kier molecular flexibility index (Phi) is 4.30. The molecule has 0 spiro atoms. The van der Waals surface area contributed by atoms with Gasteiger partial charge < -0.3 is 10.6 Å². The Bertz CT molecular complexity index is 392. The Morgan fingerprint density at radius 3 is 3.00 bits per heavy atom. The van der Waals surface area contributed by atoms with Gasteiger partial charge in [-0.1, -0.05) is 6.07 Å². The van der Waals surface area contributed by atoms with Crippen LogP contribution in [0.15, 0.2) is 18.2 Å². The number of nitrogens with zero attached hydrogens (tertiary/aromatic N) is 3. The molecule has 90 valence electrons. The predicted molar refractivity (Wildman–Crippen MR) is 66.8 cm³/mol. The van der Waals surface area contributed by atoms with Crippen molar-refractivity contribution in [2.24, 2.45) is 0 Å². The van der Waals surface area contributed by atoms with Gasteiger partial charge in [-0.15, -0.1) is 0 Å². The number of anilines is 1. The second-order valence-electron chi connectivity index (χ2n) is 4.04. The maximum absolute atomic E-state index is 8.74. The van der Waals surface area contributed by atoms with Gasteiger partial charge in [0.1, 0.15) is 17.6 Å². The molecule has 1 aliphatic heterocycles. The van der Waals surface area contributed by atoms with E-state index < -0.39 is 0 Å². The van der Waals surface area contributed by atoms with Crippen molar-refractivity contribution in [2.45, 2.75) is 0 Å². The average molecular weight is 231 g/mol. The molecule has 0 amide bonds. The maximum atomic E-state index is 8.74. The van der Waals surface area contributed by atoms with Crippen LogP contribution in [0.2, 0.25) is 0 Å². The first-order chi connectivity index (χ1) is 8.38. The zero-order chi connectivity index (χ0) is 11.9. The molecule has 0 aromatic carbocycles. The lowest BCUT2D eigenvalue weighted by Crippen LogP contribution is -2.45. The molecule has 0 bridgehead atoms. The van der Waals surface area contributed by atoms with E-state index in [2.05, 4.69) is 20.5 Å². The fourth-order valence-corrected chi connectivity index (χ4v) is 1.87. The van der Waals surface area contributed by atoms with Crippen LogP contribution in [0.1, 0.15) is 5.69 Å². The summed E-state index contributed by atoms with van der Waals surface area (Å²) in [5, 5.41) is 15.3. The quantitative estimate of drug-likeness (QED) is 0.779. The van der Waals surface area contributed by atoms with E-state index in [0.29, 0.717) is 5.69 Å². The molecule has 1 aliphatic rings. The second kappa shape index (κ2) is 6.18. The Balaban J connectivity index is 1.75. The Hall–Kier alpha value is -1.64. The van der Waals surface area contributed by atoms with Crippen LogP contribution in [0.5, 0.6) is 0 Å². The largest absolute Gasteiger partial charge is 0.369 e. The smallest absolute Gasteiger partial charge is 0.142 e. The first-order valence-corrected chi connectivity index (χ1v) is 5.92. The van der Waals surface area contributed by atoms with Crippen LogP contribution in [0.3, 0.4) is 0 Å². The molecule has 0 saturated carbocycles. The fraction of sp³-hybridized carbons (Fsp3) is 0.500. The van der Waals surface area contributed by atoms with E-state index in [9.17, 15) is 0 Å². The molecule has 0 radical (unpaired) electrons. The predicted octanol–water partition coefficient (Wildman–Crippen LogP) is 0.270. The summed E-state index contributed by atoms with van der Waals surface area (Å²) < 4.78 is 0. The minimum absolute atomic E-state index is 0.456. The van der Waals surface area contributed by atoms with Crippen LogP contribution in [0.25, 0.3) is 0 Å². The van der Waals surface area contributed by atoms with Crippen LogP contribution in [0, 0.1) is 11.3 Å². The van der Waals surface area contributed by atoms with Gasteiger partial charge in [-0.25, -0.2) is 4.98 Å². The first-order valence-electron chi connectivity index (χ1n) is 5.92. The normalized spacial score (nSPS) is 16.4. The maximum Gasteiger partial charge on any atom is 0.142 e. The summed E-state index contributed by atoms with van der Waals surface area (Å²) in [7, 11) is 0. The highest BCUT2D eigenvalue weighted by molar-refractivity contribution is 5.38. The van der Waals surface area contributed by atoms with Gasteiger partial charge >= 0.3 is 0 Å². The van der Waals surface area contributed by atoms with Crippen molar-refractivity contribution in [3.63, 3.8) is 0 Å². The lowest BCUT2D eigenvalue weighted by Gasteiger charge is -2.27. The van der Waals surface area contributed by atoms with Crippen molar-refractivity contribution in [3.05, 3.63) is 23.9 Å². The number of piperazine rings is 1. The number of pyridine rings is 1. The molecular formula is C12H17N5. The third-order valence-electron chi connectivity index (χ3n) is 2.81. The molecular weight excluding hydrogens is 214 g/mol. The third-order valence-corrected chi connectivity index (χ3v) is 2.81. The third kappa shape index (κ3) is 3.70. The molecule has 0 aliphatic carbocycles. The van der Waals surface area contributed by atoms with E-state index in [1.807, 2.05) is 18.2 Å². The van der Waals surface area contributed by atoms with Crippen LogP contribution >= 0.6 is 0 Å². The Morgan fingerprint density at radius 1 is 1.41 bits per heavy atom. The molecule has 2 heterocycles. The van der Waals surface area contributed by atoms with E-state index >= 15 is 0 Å². The highest BCUT2D eigenvalue weighted by atomic mass is 15.2. The molecule has 1 fully saturated rings. The van der Waals surface area contributed by atoms with Crippen molar-refractivity contribution in [3.8, 4) is 6.07 Å². The number of nitriles is 1. The van der Waals surface area contributed by atoms with Gasteiger partial charge in [0, 0.05) is 39.3 Å². The summed E-state index contributed by atoms with van der Waals surface area (Å²) in [5.41, 5.74) is 0.456. The molecule has 0 unspecified atom stereocenters. The van der Waals surface area contributed by atoms with Crippen molar-refractivity contribution >= 4 is 5.82 Å². The van der Waals surface area contributed by atoms with Crippen molar-refractivity contribution < 1.29 is 0 Å². The van der Waals surface area contributed by atoms with Crippen molar-refractivity contribution in [1.82, 2.24) is 15.2 Å². The average Bonchev–Trinajstić information content (AvgIpc) is 2.40. The van der Waals surface area contributed by atoms with E-state index in [4.69, 9.17) is 5.26 Å². The second-order valence-corrected chi connectivity index (χ2v) is 4.04. The van der Waals surface area contributed by atoms with Gasteiger partial charge in [0.25, 0.3) is 0 Å². The summed E-state index contributed by atoms with van der Waals surface area (Å²) in [6.07, 6.45) is 0. The molecule has 1 aromatic rings. The molecule has 2 N–H and O–H groups in total. The van der Waals surface area contributed by atoms with Crippen LogP contribution in [0.4, 0.5) is 5.82 Å². The monoisotopic (exact) mass is 231 g/mol. The van der Waals surface area contributed by atoms with Gasteiger partial charge in [0.2, 0.25) is 0 Å². The van der Waals surface area contributed by atoms with Gasteiger partial charge in [0.05, 0.1) is 0 Å². The summed E-state index contributed by atoms with van der Waals surface area (Å²) in [5.74, 6) is 0.777. The number of rotatable bonds is 4. The highest BCUT2D eigenvalue weighted by Crippen LogP contribution is 2.03. The fourth-order valence-electron chi connectivity index (χ4n) is 1.87. The van der Waals surface area contributed by atoms with Crippen molar-refractivity contribution in [2.75, 3.05) is 44.6 Å². The number of nitrogens with one attached hydrogen (secondary N) is 2. The zero-order valence-electron chi connectivity index (χ0n) is 9.82. The van der Waals surface area contributed by atoms with Crippen molar-refractivity contribution in [1.29, 1.82) is 5.26 Å². The number of aromatic nitrogens is 1.